The average Bonchev–Trinajstić information content (AvgIpc) is 3.34. The van der Waals surface area contributed by atoms with E-state index in [4.69, 9.17) is 10.5 Å². The fraction of sp³-hybridized carbons (Fsp3) is 0.167. The number of hydrogen-bond donors (Lipinski definition) is 2. The highest BCUT2D eigenvalue weighted by molar-refractivity contribution is 7.13. The van der Waals surface area contributed by atoms with Crippen LogP contribution in [0.25, 0.3) is 32.3 Å². The maximum atomic E-state index is 13.7. The third-order valence-electron chi connectivity index (χ3n) is 6.38. The van der Waals surface area contributed by atoms with Gasteiger partial charge in [0.05, 0.1) is 17.5 Å². The van der Waals surface area contributed by atoms with Crippen molar-refractivity contribution >= 4 is 21.6 Å². The number of rotatable bonds is 9. The third-order valence-corrected chi connectivity index (χ3v) is 7.22. The van der Waals surface area contributed by atoms with E-state index >= 15 is 0 Å². The van der Waals surface area contributed by atoms with Crippen LogP contribution in [0.2, 0.25) is 0 Å². The number of hydrogen-bond acceptors (Lipinski definition) is 5. The Morgan fingerprint density at radius 3 is 2.16 bits per heavy atom. The second-order valence-electron chi connectivity index (χ2n) is 8.93. The molecule has 5 rings (SSSR count). The summed E-state index contributed by atoms with van der Waals surface area (Å²) in [5.74, 6) is -0.357. The number of nitrogens with zero attached hydrogens (tertiary/aromatic N) is 1. The molecule has 4 nitrogen and oxygen atoms in total. The Balaban J connectivity index is 1.19. The summed E-state index contributed by atoms with van der Waals surface area (Å²) in [4.78, 5) is 0. The van der Waals surface area contributed by atoms with Gasteiger partial charge in [0.1, 0.15) is 17.4 Å². The minimum absolute atomic E-state index is 0.252. The maximum Gasteiger partial charge on any atom is 0.126 e. The predicted octanol–water partition coefficient (Wildman–Crippen LogP) is 7.10. The van der Waals surface area contributed by atoms with Gasteiger partial charge in [-0.2, -0.15) is 4.37 Å². The van der Waals surface area contributed by atoms with E-state index < -0.39 is 11.6 Å². The van der Waals surface area contributed by atoms with Crippen molar-refractivity contribution in [2.45, 2.75) is 19.0 Å². The zero-order chi connectivity index (χ0) is 25.8. The summed E-state index contributed by atoms with van der Waals surface area (Å²) in [5, 5.41) is 4.39. The fourth-order valence-electron chi connectivity index (χ4n) is 4.35. The van der Waals surface area contributed by atoms with Crippen LogP contribution in [0.3, 0.4) is 0 Å². The highest BCUT2D eigenvalue weighted by Gasteiger charge is 2.15. The van der Waals surface area contributed by atoms with Gasteiger partial charge in [-0.1, -0.05) is 42.5 Å². The average molecular weight is 516 g/mol. The first kappa shape index (κ1) is 25.0. The zero-order valence-corrected chi connectivity index (χ0v) is 21.2. The quantitative estimate of drug-likeness (QED) is 0.206. The van der Waals surface area contributed by atoms with Gasteiger partial charge in [0.15, 0.2) is 0 Å². The van der Waals surface area contributed by atoms with Crippen LogP contribution in [0.4, 0.5) is 8.78 Å². The van der Waals surface area contributed by atoms with E-state index in [1.807, 2.05) is 30.3 Å². The Morgan fingerprint density at radius 2 is 1.49 bits per heavy atom. The Kier molecular flexibility index (Phi) is 7.55. The summed E-state index contributed by atoms with van der Waals surface area (Å²) in [6.07, 6.45) is 0.710. The van der Waals surface area contributed by atoms with Crippen molar-refractivity contribution < 1.29 is 13.5 Å². The first-order valence-corrected chi connectivity index (χ1v) is 12.8. The molecule has 0 saturated carbocycles. The van der Waals surface area contributed by atoms with Crippen molar-refractivity contribution in [3.05, 3.63) is 108 Å². The Labute approximate surface area is 218 Å². The topological polar surface area (TPSA) is 60.2 Å². The van der Waals surface area contributed by atoms with Crippen molar-refractivity contribution in [3.63, 3.8) is 0 Å². The van der Waals surface area contributed by atoms with Gasteiger partial charge in [0.25, 0.3) is 0 Å². The zero-order valence-electron chi connectivity index (χ0n) is 20.4. The van der Waals surface area contributed by atoms with Crippen LogP contribution >= 0.6 is 11.5 Å². The summed E-state index contributed by atoms with van der Waals surface area (Å²) in [6, 6.07) is 25.5. The molecule has 0 amide bonds. The van der Waals surface area contributed by atoms with E-state index in [9.17, 15) is 8.78 Å². The van der Waals surface area contributed by atoms with Gasteiger partial charge < -0.3 is 15.8 Å². The first-order chi connectivity index (χ1) is 18.0. The number of halogens is 2. The Morgan fingerprint density at radius 1 is 0.838 bits per heavy atom. The molecule has 0 fully saturated rings. The van der Waals surface area contributed by atoms with E-state index in [-0.39, 0.29) is 6.04 Å². The molecule has 3 N–H and O–H groups in total. The molecule has 0 aliphatic rings. The fourth-order valence-corrected chi connectivity index (χ4v) is 5.17. The summed E-state index contributed by atoms with van der Waals surface area (Å²) in [7, 11) is 1.66. The van der Waals surface area contributed by atoms with Crippen LogP contribution in [0, 0.1) is 11.6 Å². The van der Waals surface area contributed by atoms with Gasteiger partial charge in [0.2, 0.25) is 0 Å². The molecule has 0 aliphatic carbocycles. The highest BCUT2D eigenvalue weighted by atomic mass is 32.1. The van der Waals surface area contributed by atoms with Crippen LogP contribution in [0.15, 0.2) is 84.9 Å². The van der Waals surface area contributed by atoms with E-state index in [2.05, 4.69) is 46.1 Å². The van der Waals surface area contributed by atoms with Crippen LogP contribution < -0.4 is 15.8 Å². The summed E-state index contributed by atoms with van der Waals surface area (Å²) < 4.78 is 38.2. The van der Waals surface area contributed by atoms with Crippen LogP contribution in [0.1, 0.15) is 23.7 Å². The third kappa shape index (κ3) is 5.85. The van der Waals surface area contributed by atoms with Crippen LogP contribution in [-0.2, 0) is 6.54 Å². The molecular formula is C30H27F2N3OS. The number of benzene rings is 4. The second kappa shape index (κ2) is 11.2. The monoisotopic (exact) mass is 515 g/mol. The highest BCUT2D eigenvalue weighted by Crippen LogP contribution is 2.32. The normalized spacial score (nSPS) is 12.1. The predicted molar refractivity (Wildman–Crippen MR) is 147 cm³/mol. The van der Waals surface area contributed by atoms with Gasteiger partial charge in [-0.15, -0.1) is 0 Å². The van der Waals surface area contributed by atoms with Crippen LogP contribution in [-0.4, -0.2) is 18.0 Å². The van der Waals surface area contributed by atoms with Gasteiger partial charge in [-0.25, -0.2) is 8.78 Å². The second-order valence-corrected chi connectivity index (χ2v) is 9.74. The first-order valence-electron chi connectivity index (χ1n) is 12.1. The molecule has 1 unspecified atom stereocenters. The summed E-state index contributed by atoms with van der Waals surface area (Å²) in [6.45, 7) is 1.47. The molecule has 1 aromatic heterocycles. The van der Waals surface area contributed by atoms with E-state index in [0.717, 1.165) is 57.4 Å². The van der Waals surface area contributed by atoms with Crippen molar-refractivity contribution in [1.82, 2.24) is 9.69 Å². The molecule has 0 saturated heterocycles. The SMILES string of the molecule is COc1ccc(-c2ccc(CNCCC(N)c3nsc4ccc(-c5cc(F)cc(F)c5)cc34)cc2)cc1. The lowest BCUT2D eigenvalue weighted by atomic mass is 10.0. The van der Waals surface area contributed by atoms with Crippen molar-refractivity contribution in [3.8, 4) is 28.0 Å². The smallest absolute Gasteiger partial charge is 0.126 e. The lowest BCUT2D eigenvalue weighted by Crippen LogP contribution is -2.21. The van der Waals surface area contributed by atoms with Gasteiger partial charge in [-0.05, 0) is 88.7 Å². The molecule has 0 bridgehead atoms. The summed E-state index contributed by atoms with van der Waals surface area (Å²) in [5.41, 5.74) is 12.0. The number of nitrogens with two attached hydrogens (primary N) is 1. The van der Waals surface area contributed by atoms with E-state index in [1.54, 1.807) is 7.11 Å². The number of nitrogens with one attached hydrogen (secondary N) is 1. The molecule has 37 heavy (non-hydrogen) atoms. The molecule has 7 heteroatoms. The van der Waals surface area contributed by atoms with Crippen molar-refractivity contribution in [2.24, 2.45) is 5.73 Å². The maximum absolute atomic E-state index is 13.7. The number of aromatic nitrogens is 1. The van der Waals surface area contributed by atoms with Crippen molar-refractivity contribution in [2.75, 3.05) is 13.7 Å². The lowest BCUT2D eigenvalue weighted by Gasteiger charge is -2.12. The van der Waals surface area contributed by atoms with Gasteiger partial charge in [-0.3, -0.25) is 0 Å². The molecule has 188 valence electrons. The van der Waals surface area contributed by atoms with Crippen molar-refractivity contribution in [1.29, 1.82) is 0 Å². The Bertz CT molecular complexity index is 1480. The minimum Gasteiger partial charge on any atom is -0.497 e. The molecule has 0 radical (unpaired) electrons. The molecule has 5 aromatic rings. The van der Waals surface area contributed by atoms with E-state index in [0.29, 0.717) is 12.0 Å². The van der Waals surface area contributed by atoms with Crippen LogP contribution in [0.5, 0.6) is 5.75 Å². The summed E-state index contributed by atoms with van der Waals surface area (Å²) >= 11 is 1.38. The number of ether oxygens (including phenoxy) is 1. The standard InChI is InChI=1S/C30H27F2N3OS/c1-36-26-9-6-21(7-10-26)20-4-2-19(3-5-20)18-34-13-12-28(33)30-27-16-22(8-11-29(27)37-35-30)23-14-24(31)17-25(32)15-23/h2-11,14-17,28,34H,12-13,18,33H2,1H3. The largest absolute Gasteiger partial charge is 0.497 e. The number of fused-ring (bicyclic) bond motifs is 1. The van der Waals surface area contributed by atoms with Gasteiger partial charge in [0, 0.05) is 24.0 Å². The Hall–Kier alpha value is -3.65. The molecular weight excluding hydrogens is 488 g/mol. The number of methoxy groups -OCH3 is 1. The molecule has 1 heterocycles. The minimum atomic E-state index is -0.600. The lowest BCUT2D eigenvalue weighted by molar-refractivity contribution is 0.415. The van der Waals surface area contributed by atoms with E-state index in [1.165, 1.54) is 29.2 Å². The molecule has 1 atom stereocenters. The molecule has 0 aliphatic heterocycles. The molecule has 4 aromatic carbocycles. The van der Waals surface area contributed by atoms with Gasteiger partial charge >= 0.3 is 0 Å². The molecule has 0 spiro atoms.